The first-order chi connectivity index (χ1) is 6.09. The lowest BCUT2D eigenvalue weighted by Gasteiger charge is -2.02. The molecule has 0 radical (unpaired) electrons. The van der Waals surface area contributed by atoms with Crippen LogP contribution in [0, 0.1) is 10.1 Å². The van der Waals surface area contributed by atoms with Gasteiger partial charge in [-0.3, -0.25) is 0 Å². The van der Waals surface area contributed by atoms with E-state index in [0.717, 1.165) is 0 Å². The van der Waals surface area contributed by atoms with Crippen LogP contribution in [0.25, 0.3) is 0 Å². The van der Waals surface area contributed by atoms with Crippen molar-refractivity contribution in [2.75, 3.05) is 6.61 Å². The maximum absolute atomic E-state index is 10.3. The molecule has 6 nitrogen and oxygen atoms in total. The minimum Gasteiger partial charge on any atom is -0.368 e. The van der Waals surface area contributed by atoms with E-state index in [1.807, 2.05) is 6.92 Å². The highest BCUT2D eigenvalue weighted by Gasteiger charge is 2.39. The Labute approximate surface area is 74.3 Å². The number of hydrogen-bond acceptors (Lipinski definition) is 4. The van der Waals surface area contributed by atoms with E-state index in [1.54, 1.807) is 4.57 Å². The summed E-state index contributed by atoms with van der Waals surface area (Å²) in [7, 11) is 0. The predicted molar refractivity (Wildman–Crippen MR) is 43.2 cm³/mol. The monoisotopic (exact) mass is 183 g/mol. The van der Waals surface area contributed by atoms with Crippen molar-refractivity contribution in [3.05, 3.63) is 22.6 Å². The van der Waals surface area contributed by atoms with Gasteiger partial charge in [0.15, 0.2) is 0 Å². The van der Waals surface area contributed by atoms with Crippen LogP contribution in [0.1, 0.15) is 6.92 Å². The molecule has 0 unspecified atom stereocenters. The van der Waals surface area contributed by atoms with Gasteiger partial charge in [0.2, 0.25) is 6.33 Å². The summed E-state index contributed by atoms with van der Waals surface area (Å²) >= 11 is 0. The molecule has 2 rings (SSSR count). The first-order valence-electron chi connectivity index (χ1n) is 3.89. The van der Waals surface area contributed by atoms with Crippen molar-refractivity contribution in [1.29, 1.82) is 0 Å². The number of rotatable bonds is 3. The lowest BCUT2D eigenvalue weighted by atomic mass is 10.2. The van der Waals surface area contributed by atoms with Crippen molar-refractivity contribution >= 4 is 5.82 Å². The quantitative estimate of drug-likeness (QED) is 0.390. The van der Waals surface area contributed by atoms with Gasteiger partial charge in [0.25, 0.3) is 0 Å². The summed E-state index contributed by atoms with van der Waals surface area (Å²) in [5.74, 6) is -0.121. The summed E-state index contributed by atoms with van der Waals surface area (Å²) in [5.41, 5.74) is -0.144. The molecule has 1 aliphatic rings. The van der Waals surface area contributed by atoms with Gasteiger partial charge >= 0.3 is 5.82 Å². The molecule has 0 amide bonds. The number of nitrogens with zero attached hydrogens (tertiary/aromatic N) is 3. The summed E-state index contributed by atoms with van der Waals surface area (Å²) in [6.45, 7) is 3.28. The van der Waals surface area contributed by atoms with E-state index in [2.05, 4.69) is 4.98 Å². The molecule has 0 saturated carbocycles. The third kappa shape index (κ3) is 1.67. The molecule has 13 heavy (non-hydrogen) atoms. The molecule has 0 aromatic carbocycles. The number of aromatic nitrogens is 2. The number of ether oxygens (including phenoxy) is 1. The van der Waals surface area contributed by atoms with Crippen LogP contribution < -0.4 is 0 Å². The Morgan fingerprint density at radius 1 is 1.92 bits per heavy atom. The van der Waals surface area contributed by atoms with Crippen molar-refractivity contribution in [2.24, 2.45) is 0 Å². The molecule has 1 fully saturated rings. The van der Waals surface area contributed by atoms with Gasteiger partial charge in [-0.2, -0.15) is 0 Å². The lowest BCUT2D eigenvalue weighted by Crippen LogP contribution is -2.13. The van der Waals surface area contributed by atoms with E-state index in [-0.39, 0.29) is 11.4 Å². The third-order valence-electron chi connectivity index (χ3n) is 1.96. The first-order valence-corrected chi connectivity index (χ1v) is 3.89. The zero-order valence-electron chi connectivity index (χ0n) is 7.14. The summed E-state index contributed by atoms with van der Waals surface area (Å²) in [6, 6.07) is 0. The van der Waals surface area contributed by atoms with Crippen LogP contribution in [-0.2, 0) is 11.3 Å². The van der Waals surface area contributed by atoms with E-state index in [9.17, 15) is 10.1 Å². The molecule has 0 aliphatic carbocycles. The summed E-state index contributed by atoms with van der Waals surface area (Å²) < 4.78 is 6.82. The normalized spacial score (nSPS) is 25.9. The molecule has 1 saturated heterocycles. The van der Waals surface area contributed by atoms with Crippen molar-refractivity contribution in [3.8, 4) is 0 Å². The maximum atomic E-state index is 10.3. The summed E-state index contributed by atoms with van der Waals surface area (Å²) in [6.07, 6.45) is 2.86. The van der Waals surface area contributed by atoms with E-state index >= 15 is 0 Å². The molecular weight excluding hydrogens is 174 g/mol. The Bertz CT molecular complexity index is 343. The molecular formula is C7H9N3O3. The maximum Gasteiger partial charge on any atom is 0.381 e. The third-order valence-corrected chi connectivity index (χ3v) is 1.96. The molecule has 0 N–H and O–H groups in total. The largest absolute Gasteiger partial charge is 0.381 e. The van der Waals surface area contributed by atoms with Crippen molar-refractivity contribution < 1.29 is 9.66 Å². The lowest BCUT2D eigenvalue weighted by molar-refractivity contribution is -0.389. The molecule has 6 heteroatoms. The predicted octanol–water partition coefficient (Wildman–Crippen LogP) is 0.580. The van der Waals surface area contributed by atoms with Crippen molar-refractivity contribution in [2.45, 2.75) is 19.1 Å². The highest BCUT2D eigenvalue weighted by atomic mass is 16.6. The number of nitro groups is 1. The fourth-order valence-corrected chi connectivity index (χ4v) is 1.13. The van der Waals surface area contributed by atoms with E-state index < -0.39 is 4.92 Å². The Morgan fingerprint density at radius 2 is 2.62 bits per heavy atom. The highest BCUT2D eigenvalue weighted by Crippen LogP contribution is 2.28. The Morgan fingerprint density at radius 3 is 3.08 bits per heavy atom. The second kappa shape index (κ2) is 2.53. The number of imidazole rings is 1. The Hall–Kier alpha value is -1.43. The Kier molecular flexibility index (Phi) is 1.59. The standard InChI is InChI=1S/C7H9N3O3/c1-7(4-13-7)3-9-2-6(8-5-9)10(11)12/h2,5H,3-4H2,1H3/t7-/m1/s1. The second-order valence-electron chi connectivity index (χ2n) is 3.40. The van der Waals surface area contributed by atoms with Crippen LogP contribution in [0.15, 0.2) is 12.5 Å². The molecule has 1 aromatic heterocycles. The van der Waals surface area contributed by atoms with Crippen LogP contribution >= 0.6 is 0 Å². The van der Waals surface area contributed by atoms with Crippen molar-refractivity contribution in [3.63, 3.8) is 0 Å². The van der Waals surface area contributed by atoms with Gasteiger partial charge < -0.3 is 19.4 Å². The molecule has 1 aliphatic heterocycles. The van der Waals surface area contributed by atoms with Gasteiger partial charge in [0, 0.05) is 0 Å². The zero-order chi connectivity index (χ0) is 9.47. The summed E-state index contributed by atoms with van der Waals surface area (Å²) in [4.78, 5) is 13.4. The van der Waals surface area contributed by atoms with Gasteiger partial charge in [0.05, 0.1) is 13.2 Å². The van der Waals surface area contributed by atoms with Crippen LogP contribution in [0.2, 0.25) is 0 Å². The minimum atomic E-state index is -0.507. The van der Waals surface area contributed by atoms with Gasteiger partial charge in [-0.1, -0.05) is 0 Å². The number of epoxide rings is 1. The van der Waals surface area contributed by atoms with E-state index in [4.69, 9.17) is 4.74 Å². The molecule has 1 aromatic rings. The molecule has 0 spiro atoms. The topological polar surface area (TPSA) is 73.5 Å². The fourth-order valence-electron chi connectivity index (χ4n) is 1.13. The van der Waals surface area contributed by atoms with E-state index in [1.165, 1.54) is 12.5 Å². The highest BCUT2D eigenvalue weighted by molar-refractivity contribution is 5.12. The molecule has 1 atom stereocenters. The van der Waals surface area contributed by atoms with Crippen LogP contribution in [0.4, 0.5) is 5.82 Å². The molecule has 2 heterocycles. The SMILES string of the molecule is C[C@@]1(Cn2cnc([N+](=O)[O-])c2)CO1. The van der Waals surface area contributed by atoms with E-state index in [0.29, 0.717) is 13.2 Å². The number of hydrogen-bond donors (Lipinski definition) is 0. The van der Waals surface area contributed by atoms with Crippen LogP contribution in [-0.4, -0.2) is 26.7 Å². The van der Waals surface area contributed by atoms with Crippen LogP contribution in [0.3, 0.4) is 0 Å². The van der Waals surface area contributed by atoms with Crippen molar-refractivity contribution in [1.82, 2.24) is 9.55 Å². The van der Waals surface area contributed by atoms with Gasteiger partial charge in [-0.05, 0) is 16.8 Å². The average Bonchev–Trinajstić information content (AvgIpc) is 2.62. The molecule has 70 valence electrons. The zero-order valence-corrected chi connectivity index (χ0v) is 7.14. The first kappa shape index (κ1) is 8.18. The van der Waals surface area contributed by atoms with Crippen LogP contribution in [0.5, 0.6) is 0 Å². The average molecular weight is 183 g/mol. The molecule has 0 bridgehead atoms. The van der Waals surface area contributed by atoms with Gasteiger partial charge in [-0.15, -0.1) is 0 Å². The minimum absolute atomic E-state index is 0.121. The van der Waals surface area contributed by atoms with Gasteiger partial charge in [0.1, 0.15) is 11.8 Å². The second-order valence-corrected chi connectivity index (χ2v) is 3.40. The van der Waals surface area contributed by atoms with Gasteiger partial charge in [-0.25, -0.2) is 0 Å². The Balaban J connectivity index is 2.09. The summed E-state index contributed by atoms with van der Waals surface area (Å²) in [5, 5.41) is 10.3. The fraction of sp³-hybridized carbons (Fsp3) is 0.571. The smallest absolute Gasteiger partial charge is 0.368 e.